The van der Waals surface area contributed by atoms with Crippen LogP contribution in [0.2, 0.25) is 0 Å². The van der Waals surface area contributed by atoms with Gasteiger partial charge < -0.3 is 10.2 Å². The quantitative estimate of drug-likeness (QED) is 0.881. The zero-order valence-electron chi connectivity index (χ0n) is 12.7. The number of rotatable bonds is 6. The third kappa shape index (κ3) is 4.32. The normalized spacial score (nSPS) is 11.1. The highest BCUT2D eigenvalue weighted by molar-refractivity contribution is 7.09. The lowest BCUT2D eigenvalue weighted by molar-refractivity contribution is 0.589. The molecule has 2 rings (SSSR count). The lowest BCUT2D eigenvalue weighted by Crippen LogP contribution is -2.22. The van der Waals surface area contributed by atoms with Crippen molar-refractivity contribution in [3.05, 3.63) is 45.9 Å². The highest BCUT2D eigenvalue weighted by Gasteiger charge is 2.05. The van der Waals surface area contributed by atoms with E-state index in [1.165, 1.54) is 11.3 Å². The Hall–Kier alpha value is -1.39. The number of nitrogens with one attached hydrogen (secondary N) is 1. The highest BCUT2D eigenvalue weighted by Crippen LogP contribution is 2.17. The molecule has 20 heavy (non-hydrogen) atoms. The second kappa shape index (κ2) is 6.86. The van der Waals surface area contributed by atoms with E-state index in [1.54, 1.807) is 11.3 Å². The van der Waals surface area contributed by atoms with Crippen LogP contribution in [0.1, 0.15) is 30.1 Å². The van der Waals surface area contributed by atoms with Gasteiger partial charge >= 0.3 is 0 Å². The maximum atomic E-state index is 4.51. The van der Waals surface area contributed by atoms with Gasteiger partial charge in [-0.3, -0.25) is 0 Å². The molecule has 108 valence electrons. The smallest absolute Gasteiger partial charge is 0.0898 e. The van der Waals surface area contributed by atoms with Crippen LogP contribution in [0.3, 0.4) is 0 Å². The lowest BCUT2D eigenvalue weighted by atomic mass is 10.2. The maximum absolute atomic E-state index is 4.51. The fourth-order valence-electron chi connectivity index (χ4n) is 2.01. The topological polar surface area (TPSA) is 28.2 Å². The number of hydrogen-bond acceptors (Lipinski definition) is 4. The van der Waals surface area contributed by atoms with Gasteiger partial charge in [-0.25, -0.2) is 4.98 Å². The number of hydrogen-bond donors (Lipinski definition) is 1. The minimum absolute atomic E-state index is 0.519. The predicted molar refractivity (Wildman–Crippen MR) is 87.4 cm³/mol. The fraction of sp³-hybridized carbons (Fsp3) is 0.438. The first-order chi connectivity index (χ1) is 9.54. The van der Waals surface area contributed by atoms with Gasteiger partial charge in [-0.15, -0.1) is 11.3 Å². The van der Waals surface area contributed by atoms with Crippen molar-refractivity contribution in [2.24, 2.45) is 0 Å². The molecule has 0 radical (unpaired) electrons. The van der Waals surface area contributed by atoms with Crippen LogP contribution in [0.5, 0.6) is 0 Å². The first-order valence-corrected chi connectivity index (χ1v) is 7.87. The summed E-state index contributed by atoms with van der Waals surface area (Å²) in [5.74, 6) is 0. The van der Waals surface area contributed by atoms with Crippen LogP contribution in [-0.2, 0) is 13.1 Å². The van der Waals surface area contributed by atoms with Gasteiger partial charge in [0.25, 0.3) is 0 Å². The van der Waals surface area contributed by atoms with Gasteiger partial charge in [0.05, 0.1) is 17.2 Å². The van der Waals surface area contributed by atoms with Crippen molar-refractivity contribution in [2.75, 3.05) is 11.9 Å². The van der Waals surface area contributed by atoms with Crippen molar-refractivity contribution < 1.29 is 0 Å². The molecule has 0 aliphatic rings. The van der Waals surface area contributed by atoms with Gasteiger partial charge in [0.15, 0.2) is 0 Å². The summed E-state index contributed by atoms with van der Waals surface area (Å²) in [6, 6.07) is 9.25. The van der Waals surface area contributed by atoms with E-state index >= 15 is 0 Å². The third-order valence-electron chi connectivity index (χ3n) is 3.16. The Balaban J connectivity index is 1.94. The Morgan fingerprint density at radius 1 is 1.25 bits per heavy atom. The standard InChI is InChI=1S/C16H23N3S/c1-12(2)17-9-14-5-7-16(8-6-14)19(4)10-15-11-20-13(3)18-15/h5-8,11-12,17H,9-10H2,1-4H3. The third-order valence-corrected chi connectivity index (χ3v) is 3.98. The molecule has 0 unspecified atom stereocenters. The molecule has 0 aliphatic carbocycles. The Morgan fingerprint density at radius 2 is 1.95 bits per heavy atom. The van der Waals surface area contributed by atoms with Crippen LogP contribution < -0.4 is 10.2 Å². The molecular formula is C16H23N3S. The van der Waals surface area contributed by atoms with Gasteiger partial charge in [0.2, 0.25) is 0 Å². The molecule has 0 spiro atoms. The van der Waals surface area contributed by atoms with Crippen molar-refractivity contribution in [1.29, 1.82) is 0 Å². The molecule has 4 heteroatoms. The summed E-state index contributed by atoms with van der Waals surface area (Å²) >= 11 is 1.71. The van der Waals surface area contributed by atoms with Gasteiger partial charge in [-0.05, 0) is 24.6 Å². The number of benzene rings is 1. The van der Waals surface area contributed by atoms with Crippen molar-refractivity contribution in [1.82, 2.24) is 10.3 Å². The number of anilines is 1. The van der Waals surface area contributed by atoms with E-state index in [0.717, 1.165) is 23.8 Å². The van der Waals surface area contributed by atoms with Crippen molar-refractivity contribution >= 4 is 17.0 Å². The second-order valence-electron chi connectivity index (χ2n) is 5.42. The molecule has 1 heterocycles. The average Bonchev–Trinajstić information content (AvgIpc) is 2.82. The van der Waals surface area contributed by atoms with Gasteiger partial charge in [-0.2, -0.15) is 0 Å². The maximum Gasteiger partial charge on any atom is 0.0898 e. The van der Waals surface area contributed by atoms with E-state index in [-0.39, 0.29) is 0 Å². The van der Waals surface area contributed by atoms with Gasteiger partial charge in [0, 0.05) is 30.7 Å². The molecule has 0 fully saturated rings. The SMILES string of the molecule is Cc1nc(CN(C)c2ccc(CNC(C)C)cc2)cs1. The summed E-state index contributed by atoms with van der Waals surface area (Å²) in [7, 11) is 2.11. The summed E-state index contributed by atoms with van der Waals surface area (Å²) in [5.41, 5.74) is 3.69. The van der Waals surface area contributed by atoms with Crippen LogP contribution in [0.4, 0.5) is 5.69 Å². The van der Waals surface area contributed by atoms with Crippen LogP contribution in [0, 0.1) is 6.92 Å². The summed E-state index contributed by atoms with van der Waals surface area (Å²) in [4.78, 5) is 6.74. The van der Waals surface area contributed by atoms with Gasteiger partial charge in [0.1, 0.15) is 0 Å². The van der Waals surface area contributed by atoms with Crippen LogP contribution in [0.15, 0.2) is 29.6 Å². The van der Waals surface area contributed by atoms with E-state index in [1.807, 2.05) is 6.92 Å². The summed E-state index contributed by atoms with van der Waals surface area (Å²) in [6.45, 7) is 8.15. The molecule has 0 aliphatic heterocycles. The van der Waals surface area contributed by atoms with Crippen molar-refractivity contribution in [3.8, 4) is 0 Å². The summed E-state index contributed by atoms with van der Waals surface area (Å²) < 4.78 is 0. The number of aryl methyl sites for hydroxylation is 1. The largest absolute Gasteiger partial charge is 0.369 e. The molecule has 0 atom stereocenters. The van der Waals surface area contributed by atoms with Crippen LogP contribution in [0.25, 0.3) is 0 Å². The molecule has 2 aromatic rings. The lowest BCUT2D eigenvalue weighted by Gasteiger charge is -2.18. The summed E-state index contributed by atoms with van der Waals surface area (Å²) in [5, 5.41) is 6.69. The number of nitrogens with zero attached hydrogens (tertiary/aromatic N) is 2. The van der Waals surface area contributed by atoms with E-state index in [4.69, 9.17) is 0 Å². The molecule has 0 saturated heterocycles. The molecule has 1 aromatic heterocycles. The second-order valence-corrected chi connectivity index (χ2v) is 6.48. The van der Waals surface area contributed by atoms with Crippen molar-refractivity contribution in [2.45, 2.75) is 39.9 Å². The van der Waals surface area contributed by atoms with Gasteiger partial charge in [-0.1, -0.05) is 26.0 Å². The van der Waals surface area contributed by atoms with Crippen LogP contribution >= 0.6 is 11.3 Å². The minimum atomic E-state index is 0.519. The molecule has 3 nitrogen and oxygen atoms in total. The number of aromatic nitrogens is 1. The van der Waals surface area contributed by atoms with E-state index in [2.05, 4.69) is 65.7 Å². The molecule has 1 N–H and O–H groups in total. The Labute approximate surface area is 125 Å². The summed E-state index contributed by atoms with van der Waals surface area (Å²) in [6.07, 6.45) is 0. The monoisotopic (exact) mass is 289 g/mol. The average molecular weight is 289 g/mol. The fourth-order valence-corrected chi connectivity index (χ4v) is 2.61. The minimum Gasteiger partial charge on any atom is -0.369 e. The molecular weight excluding hydrogens is 266 g/mol. The molecule has 0 bridgehead atoms. The first-order valence-electron chi connectivity index (χ1n) is 6.99. The number of thiazole rings is 1. The predicted octanol–water partition coefficient (Wildman–Crippen LogP) is 3.59. The Bertz CT molecular complexity index is 531. The zero-order valence-corrected chi connectivity index (χ0v) is 13.5. The highest BCUT2D eigenvalue weighted by atomic mass is 32.1. The Morgan fingerprint density at radius 3 is 2.50 bits per heavy atom. The molecule has 0 saturated carbocycles. The van der Waals surface area contributed by atoms with E-state index in [0.29, 0.717) is 6.04 Å². The zero-order chi connectivity index (χ0) is 14.5. The van der Waals surface area contributed by atoms with E-state index < -0.39 is 0 Å². The van der Waals surface area contributed by atoms with Crippen molar-refractivity contribution in [3.63, 3.8) is 0 Å². The Kier molecular flexibility index (Phi) is 5.15. The first kappa shape index (κ1) is 15.0. The van der Waals surface area contributed by atoms with E-state index in [9.17, 15) is 0 Å². The molecule has 0 amide bonds. The molecule has 1 aromatic carbocycles. The van der Waals surface area contributed by atoms with Crippen LogP contribution in [-0.4, -0.2) is 18.1 Å².